The number of carbonyl (C=O) groups excluding carboxylic acids is 1. The van der Waals surface area contributed by atoms with E-state index in [1.54, 1.807) is 18.0 Å². The minimum Gasteiger partial charge on any atom is -0.378 e. The third-order valence-corrected chi connectivity index (χ3v) is 8.17. The number of benzene rings is 1. The zero-order chi connectivity index (χ0) is 23.9. The van der Waals surface area contributed by atoms with Crippen LogP contribution >= 0.6 is 11.3 Å². The van der Waals surface area contributed by atoms with E-state index in [1.165, 1.54) is 24.2 Å². The predicted molar refractivity (Wildman–Crippen MR) is 138 cm³/mol. The summed E-state index contributed by atoms with van der Waals surface area (Å²) in [6, 6.07) is 9.70. The lowest BCUT2D eigenvalue weighted by Crippen LogP contribution is -2.38. The second-order valence-electron chi connectivity index (χ2n) is 9.23. The van der Waals surface area contributed by atoms with Crippen molar-refractivity contribution >= 4 is 49.1 Å². The van der Waals surface area contributed by atoms with E-state index in [9.17, 15) is 9.59 Å². The molecule has 0 unspecified atom stereocenters. The Bertz CT molecular complexity index is 1470. The Morgan fingerprint density at radius 3 is 2.69 bits per heavy atom. The number of thiazole rings is 1. The molecule has 0 atom stereocenters. The van der Waals surface area contributed by atoms with Crippen LogP contribution in [0.4, 0.5) is 5.82 Å². The van der Waals surface area contributed by atoms with Crippen molar-refractivity contribution in [1.29, 1.82) is 0 Å². The molecule has 1 amide bonds. The van der Waals surface area contributed by atoms with Crippen LogP contribution < -0.4 is 10.3 Å². The minimum atomic E-state index is -0.283. The number of para-hydroxylation sites is 1. The van der Waals surface area contributed by atoms with Crippen LogP contribution in [0.3, 0.4) is 0 Å². The Morgan fingerprint density at radius 2 is 1.89 bits per heavy atom. The smallest absolute Gasteiger partial charge is 0.260 e. The van der Waals surface area contributed by atoms with Crippen LogP contribution in [0, 0.1) is 0 Å². The van der Waals surface area contributed by atoms with Gasteiger partial charge in [-0.25, -0.2) is 0 Å². The van der Waals surface area contributed by atoms with Crippen molar-refractivity contribution in [3.8, 4) is 0 Å². The summed E-state index contributed by atoms with van der Waals surface area (Å²) in [5, 5.41) is 9.38. The summed E-state index contributed by atoms with van der Waals surface area (Å²) in [4.78, 5) is 34.4. The molecule has 2 fully saturated rings. The molecule has 1 aromatic carbocycles. The molecule has 2 aliphatic rings. The van der Waals surface area contributed by atoms with Crippen molar-refractivity contribution in [3.63, 3.8) is 0 Å². The van der Waals surface area contributed by atoms with Gasteiger partial charge in [-0.1, -0.05) is 12.1 Å². The van der Waals surface area contributed by atoms with Crippen molar-refractivity contribution in [1.82, 2.24) is 24.4 Å². The minimum absolute atomic E-state index is 0.212. The lowest BCUT2D eigenvalue weighted by molar-refractivity contribution is 0.0783. The zero-order valence-corrected chi connectivity index (χ0v) is 20.6. The third-order valence-electron chi connectivity index (χ3n) is 7.02. The number of anilines is 1. The van der Waals surface area contributed by atoms with Gasteiger partial charge in [0.05, 0.1) is 28.8 Å². The number of likely N-dealkylation sites (tertiary alicyclic amines) is 1. The highest BCUT2D eigenvalue weighted by atomic mass is 32.1. The van der Waals surface area contributed by atoms with Crippen LogP contribution in [0.2, 0.25) is 0 Å². The SMILES string of the molecule is CN(CCN1CCCC1)C(=O)c1c(=O)c2cc(N3CCOCC3)nnc2n2c1sc1ccccc12. The molecule has 5 heterocycles. The van der Waals surface area contributed by atoms with Gasteiger partial charge in [0.25, 0.3) is 5.91 Å². The van der Waals surface area contributed by atoms with E-state index in [4.69, 9.17) is 4.74 Å². The molecule has 0 bridgehead atoms. The maximum absolute atomic E-state index is 13.9. The predicted octanol–water partition coefficient (Wildman–Crippen LogP) is 2.46. The van der Waals surface area contributed by atoms with E-state index in [0.717, 1.165) is 29.9 Å². The second kappa shape index (κ2) is 9.18. The second-order valence-corrected chi connectivity index (χ2v) is 10.3. The number of nitrogens with zero attached hydrogens (tertiary/aromatic N) is 6. The number of amides is 1. The van der Waals surface area contributed by atoms with Gasteiger partial charge in [-0.15, -0.1) is 21.5 Å². The molecule has 0 aliphatic carbocycles. The fourth-order valence-electron chi connectivity index (χ4n) is 5.03. The van der Waals surface area contributed by atoms with E-state index in [0.29, 0.717) is 54.5 Å². The van der Waals surface area contributed by atoms with E-state index >= 15 is 0 Å². The lowest BCUT2D eigenvalue weighted by Gasteiger charge is -2.27. The quantitative estimate of drug-likeness (QED) is 0.423. The molecule has 0 N–H and O–H groups in total. The first kappa shape index (κ1) is 22.4. The summed E-state index contributed by atoms with van der Waals surface area (Å²) in [5.41, 5.74) is 1.33. The highest BCUT2D eigenvalue weighted by molar-refractivity contribution is 7.24. The number of aromatic nitrogens is 3. The van der Waals surface area contributed by atoms with Crippen LogP contribution in [0.25, 0.3) is 26.1 Å². The Labute approximate surface area is 206 Å². The molecule has 2 aliphatic heterocycles. The molecule has 3 aromatic heterocycles. The van der Waals surface area contributed by atoms with Crippen LogP contribution in [0.5, 0.6) is 0 Å². The van der Waals surface area contributed by atoms with Crippen molar-refractivity contribution < 1.29 is 9.53 Å². The van der Waals surface area contributed by atoms with Gasteiger partial charge >= 0.3 is 0 Å². The number of hydrogen-bond acceptors (Lipinski definition) is 8. The number of morpholine rings is 1. The van der Waals surface area contributed by atoms with Gasteiger partial charge in [0.2, 0.25) is 5.43 Å². The Balaban J connectivity index is 1.50. The molecule has 182 valence electrons. The van der Waals surface area contributed by atoms with Crippen LogP contribution in [-0.4, -0.2) is 89.8 Å². The number of fused-ring (bicyclic) bond motifs is 5. The lowest BCUT2D eigenvalue weighted by atomic mass is 10.1. The number of likely N-dealkylation sites (N-methyl/N-ethyl adjacent to an activating group) is 1. The monoisotopic (exact) mass is 492 g/mol. The Kier molecular flexibility index (Phi) is 5.87. The summed E-state index contributed by atoms with van der Waals surface area (Å²) in [5.74, 6) is 0.392. The summed E-state index contributed by atoms with van der Waals surface area (Å²) < 4.78 is 8.37. The molecular weight excluding hydrogens is 464 g/mol. The van der Waals surface area contributed by atoms with Gasteiger partial charge in [0.15, 0.2) is 11.5 Å². The molecule has 0 spiro atoms. The maximum atomic E-state index is 13.9. The Hall–Kier alpha value is -3.08. The molecule has 4 aromatic rings. The summed E-state index contributed by atoms with van der Waals surface area (Å²) in [6.45, 7) is 6.15. The van der Waals surface area contributed by atoms with Gasteiger partial charge in [-0.05, 0) is 44.1 Å². The molecular formula is C25H28N6O3S. The average Bonchev–Trinajstić information content (AvgIpc) is 3.55. The first-order valence-electron chi connectivity index (χ1n) is 12.2. The number of hydrogen-bond donors (Lipinski definition) is 0. The highest BCUT2D eigenvalue weighted by Gasteiger charge is 2.26. The van der Waals surface area contributed by atoms with E-state index in [1.807, 2.05) is 28.7 Å². The van der Waals surface area contributed by atoms with E-state index in [-0.39, 0.29) is 16.9 Å². The zero-order valence-electron chi connectivity index (χ0n) is 19.8. The highest BCUT2D eigenvalue weighted by Crippen LogP contribution is 2.31. The molecule has 35 heavy (non-hydrogen) atoms. The maximum Gasteiger partial charge on any atom is 0.260 e. The number of ether oxygens (including phenoxy) is 1. The van der Waals surface area contributed by atoms with E-state index < -0.39 is 0 Å². The fourth-order valence-corrected chi connectivity index (χ4v) is 6.20. The van der Waals surface area contributed by atoms with Gasteiger partial charge in [-0.3, -0.25) is 14.0 Å². The number of carbonyl (C=O) groups is 1. The normalized spacial score (nSPS) is 17.1. The molecule has 6 rings (SSSR count). The molecule has 9 nitrogen and oxygen atoms in total. The van der Waals surface area contributed by atoms with Gasteiger partial charge in [0.1, 0.15) is 10.4 Å². The molecule has 0 saturated carbocycles. The van der Waals surface area contributed by atoms with Crippen LogP contribution in [0.1, 0.15) is 23.2 Å². The van der Waals surface area contributed by atoms with Gasteiger partial charge in [0, 0.05) is 33.2 Å². The number of rotatable bonds is 5. The van der Waals surface area contributed by atoms with Crippen molar-refractivity contribution in [2.24, 2.45) is 0 Å². The Morgan fingerprint density at radius 1 is 1.11 bits per heavy atom. The number of pyridine rings is 1. The topological polar surface area (TPSA) is 83.3 Å². The molecule has 10 heteroatoms. The van der Waals surface area contributed by atoms with Crippen molar-refractivity contribution in [2.45, 2.75) is 12.8 Å². The average molecular weight is 493 g/mol. The van der Waals surface area contributed by atoms with E-state index in [2.05, 4.69) is 20.0 Å². The first-order valence-corrected chi connectivity index (χ1v) is 13.0. The first-order chi connectivity index (χ1) is 17.1. The van der Waals surface area contributed by atoms with Gasteiger partial charge < -0.3 is 19.4 Å². The van der Waals surface area contributed by atoms with Crippen molar-refractivity contribution in [3.05, 3.63) is 46.1 Å². The molecule has 2 saturated heterocycles. The fraction of sp³-hybridized carbons (Fsp3) is 0.440. The van der Waals surface area contributed by atoms with Crippen LogP contribution in [0.15, 0.2) is 35.1 Å². The van der Waals surface area contributed by atoms with Crippen LogP contribution in [-0.2, 0) is 4.74 Å². The summed E-state index contributed by atoms with van der Waals surface area (Å²) in [6.07, 6.45) is 2.41. The van der Waals surface area contributed by atoms with Gasteiger partial charge in [-0.2, -0.15) is 0 Å². The molecule has 0 radical (unpaired) electrons. The third kappa shape index (κ3) is 3.95. The summed E-state index contributed by atoms with van der Waals surface area (Å²) in [7, 11) is 1.79. The van der Waals surface area contributed by atoms with Crippen molar-refractivity contribution in [2.75, 3.05) is 64.4 Å². The summed E-state index contributed by atoms with van der Waals surface area (Å²) >= 11 is 1.45. The largest absolute Gasteiger partial charge is 0.378 e. The standard InChI is InChI=1S/C25H28N6O3S/c1-28(10-11-29-8-4-5-9-29)24(33)21-22(32)17-16-20(30-12-14-34-15-13-30)26-27-23(17)31-18-6-2-3-7-19(18)35-25(21)31/h2-3,6-7,16H,4-5,8-15H2,1H3.